The number of nitrogens with one attached hydrogen (secondary N) is 1. The van der Waals surface area contributed by atoms with Crippen LogP contribution in [0.5, 0.6) is 0 Å². The second kappa shape index (κ2) is 3.96. The molecule has 2 aliphatic rings. The molecule has 1 fully saturated rings. The van der Waals surface area contributed by atoms with Gasteiger partial charge < -0.3 is 5.32 Å². The molecule has 0 aromatic heterocycles. The van der Waals surface area contributed by atoms with E-state index < -0.39 is 0 Å². The van der Waals surface area contributed by atoms with E-state index in [-0.39, 0.29) is 0 Å². The first-order valence-electron chi connectivity index (χ1n) is 6.87. The lowest BCUT2D eigenvalue weighted by Gasteiger charge is -2.21. The quantitative estimate of drug-likeness (QED) is 0.797. The van der Waals surface area contributed by atoms with Gasteiger partial charge in [0.05, 0.1) is 0 Å². The zero-order valence-electron chi connectivity index (χ0n) is 10.4. The molecule has 0 bridgehead atoms. The predicted octanol–water partition coefficient (Wildman–Crippen LogP) is 3.55. The van der Waals surface area contributed by atoms with Crippen molar-refractivity contribution in [3.8, 4) is 11.1 Å². The van der Waals surface area contributed by atoms with Crippen molar-refractivity contribution in [2.24, 2.45) is 0 Å². The van der Waals surface area contributed by atoms with E-state index in [9.17, 15) is 0 Å². The van der Waals surface area contributed by atoms with Crippen LogP contribution in [-0.4, -0.2) is 12.6 Å². The highest BCUT2D eigenvalue weighted by atomic mass is 14.9. The van der Waals surface area contributed by atoms with Gasteiger partial charge in [0.25, 0.3) is 0 Å². The Bertz CT molecular complexity index is 536. The summed E-state index contributed by atoms with van der Waals surface area (Å²) in [7, 11) is 0. The van der Waals surface area contributed by atoms with E-state index in [0.29, 0.717) is 12.0 Å². The van der Waals surface area contributed by atoms with E-state index in [1.807, 2.05) is 0 Å². The number of benzene rings is 2. The Labute approximate surface area is 108 Å². The SMILES string of the molecule is c1ccc2c(c1)-c1ccccc1C2C1CCCN1. The first-order chi connectivity index (χ1) is 8.95. The Morgan fingerprint density at radius 1 is 0.833 bits per heavy atom. The first-order valence-corrected chi connectivity index (χ1v) is 6.87. The molecule has 2 aromatic rings. The fourth-order valence-electron chi connectivity index (χ4n) is 3.62. The van der Waals surface area contributed by atoms with Crippen LogP contribution in [0.25, 0.3) is 11.1 Å². The van der Waals surface area contributed by atoms with Crippen molar-refractivity contribution in [2.75, 3.05) is 6.54 Å². The molecule has 1 heteroatoms. The maximum Gasteiger partial charge on any atom is 0.0255 e. The van der Waals surface area contributed by atoms with Gasteiger partial charge in [-0.25, -0.2) is 0 Å². The van der Waals surface area contributed by atoms with Crippen molar-refractivity contribution in [3.05, 3.63) is 59.7 Å². The standard InChI is InChI=1S/C17H17N/c1-3-8-14-12(6-1)13-7-2-4-9-15(13)17(14)16-10-5-11-18-16/h1-4,6-9,16-18H,5,10-11H2. The van der Waals surface area contributed by atoms with Crippen LogP contribution in [0.3, 0.4) is 0 Å². The van der Waals surface area contributed by atoms with Gasteiger partial charge in [0.2, 0.25) is 0 Å². The molecule has 1 aliphatic heterocycles. The Morgan fingerprint density at radius 2 is 1.44 bits per heavy atom. The van der Waals surface area contributed by atoms with Crippen LogP contribution >= 0.6 is 0 Å². The molecule has 4 rings (SSSR count). The Kier molecular flexibility index (Phi) is 2.27. The van der Waals surface area contributed by atoms with Gasteiger partial charge in [-0.3, -0.25) is 0 Å². The smallest absolute Gasteiger partial charge is 0.0255 e. The maximum absolute atomic E-state index is 3.68. The van der Waals surface area contributed by atoms with Crippen LogP contribution in [0, 0.1) is 0 Å². The second-order valence-electron chi connectivity index (χ2n) is 5.36. The van der Waals surface area contributed by atoms with Crippen molar-refractivity contribution < 1.29 is 0 Å². The van der Waals surface area contributed by atoms with Crippen LogP contribution < -0.4 is 5.32 Å². The van der Waals surface area contributed by atoms with Crippen molar-refractivity contribution in [3.63, 3.8) is 0 Å². The van der Waals surface area contributed by atoms with Crippen LogP contribution in [-0.2, 0) is 0 Å². The van der Waals surface area contributed by atoms with E-state index in [4.69, 9.17) is 0 Å². The zero-order chi connectivity index (χ0) is 11.9. The topological polar surface area (TPSA) is 12.0 Å². The van der Waals surface area contributed by atoms with E-state index >= 15 is 0 Å². The minimum Gasteiger partial charge on any atom is -0.313 e. The largest absolute Gasteiger partial charge is 0.313 e. The van der Waals surface area contributed by atoms with Crippen molar-refractivity contribution in [1.29, 1.82) is 0 Å². The lowest BCUT2D eigenvalue weighted by molar-refractivity contribution is 0.548. The monoisotopic (exact) mass is 235 g/mol. The molecule has 1 atom stereocenters. The van der Waals surface area contributed by atoms with E-state index in [1.54, 1.807) is 0 Å². The molecule has 1 heterocycles. The van der Waals surface area contributed by atoms with Crippen LogP contribution in [0.2, 0.25) is 0 Å². The van der Waals surface area contributed by atoms with E-state index in [2.05, 4.69) is 53.8 Å². The summed E-state index contributed by atoms with van der Waals surface area (Å²) >= 11 is 0. The molecule has 1 unspecified atom stereocenters. The number of hydrogen-bond acceptors (Lipinski definition) is 1. The summed E-state index contributed by atoms with van der Waals surface area (Å²) in [6.45, 7) is 1.17. The molecular formula is C17H17N. The molecule has 90 valence electrons. The maximum atomic E-state index is 3.68. The van der Waals surface area contributed by atoms with Gasteiger partial charge in [-0.05, 0) is 41.6 Å². The molecule has 0 amide bonds. The van der Waals surface area contributed by atoms with Crippen molar-refractivity contribution in [2.45, 2.75) is 24.8 Å². The van der Waals surface area contributed by atoms with Gasteiger partial charge in [0.1, 0.15) is 0 Å². The lowest BCUT2D eigenvalue weighted by atomic mass is 9.88. The third-order valence-corrected chi connectivity index (χ3v) is 4.38. The van der Waals surface area contributed by atoms with E-state index in [0.717, 1.165) is 0 Å². The average molecular weight is 235 g/mol. The molecule has 0 spiro atoms. The predicted molar refractivity (Wildman–Crippen MR) is 74.7 cm³/mol. The summed E-state index contributed by atoms with van der Waals surface area (Å²) in [5, 5.41) is 3.68. The third kappa shape index (κ3) is 1.37. The summed E-state index contributed by atoms with van der Waals surface area (Å²) in [6.07, 6.45) is 2.61. The van der Waals surface area contributed by atoms with Crippen LogP contribution in [0.15, 0.2) is 48.5 Å². The molecule has 0 saturated carbocycles. The summed E-state index contributed by atoms with van der Waals surface area (Å²) < 4.78 is 0. The zero-order valence-corrected chi connectivity index (χ0v) is 10.4. The number of hydrogen-bond donors (Lipinski definition) is 1. The minimum atomic E-state index is 0.555. The minimum absolute atomic E-state index is 0.555. The van der Waals surface area contributed by atoms with Gasteiger partial charge >= 0.3 is 0 Å². The third-order valence-electron chi connectivity index (χ3n) is 4.38. The highest BCUT2D eigenvalue weighted by molar-refractivity contribution is 5.79. The normalized spacial score (nSPS) is 21.9. The van der Waals surface area contributed by atoms with E-state index in [1.165, 1.54) is 41.6 Å². The van der Waals surface area contributed by atoms with Gasteiger partial charge in [-0.15, -0.1) is 0 Å². The summed E-state index contributed by atoms with van der Waals surface area (Å²) in [5.74, 6) is 0.555. The molecule has 2 aromatic carbocycles. The van der Waals surface area contributed by atoms with Crippen molar-refractivity contribution >= 4 is 0 Å². The lowest BCUT2D eigenvalue weighted by Crippen LogP contribution is -2.28. The Hall–Kier alpha value is -1.60. The van der Waals surface area contributed by atoms with Crippen molar-refractivity contribution in [1.82, 2.24) is 5.32 Å². The summed E-state index contributed by atoms with van der Waals surface area (Å²) in [4.78, 5) is 0. The molecule has 1 nitrogen and oxygen atoms in total. The number of rotatable bonds is 1. The molecule has 1 saturated heterocycles. The van der Waals surface area contributed by atoms with Gasteiger partial charge in [-0.1, -0.05) is 48.5 Å². The second-order valence-corrected chi connectivity index (χ2v) is 5.36. The molecular weight excluding hydrogens is 218 g/mol. The summed E-state index contributed by atoms with van der Waals surface area (Å²) in [6, 6.07) is 18.4. The Balaban J connectivity index is 1.92. The first kappa shape index (κ1) is 10.3. The van der Waals surface area contributed by atoms with Gasteiger partial charge in [0, 0.05) is 12.0 Å². The average Bonchev–Trinajstić information content (AvgIpc) is 3.03. The fraction of sp³-hybridized carbons (Fsp3) is 0.294. The van der Waals surface area contributed by atoms with Crippen LogP contribution in [0.1, 0.15) is 29.9 Å². The fourth-order valence-corrected chi connectivity index (χ4v) is 3.62. The van der Waals surface area contributed by atoms with Gasteiger partial charge in [0.15, 0.2) is 0 Å². The number of fused-ring (bicyclic) bond motifs is 3. The highest BCUT2D eigenvalue weighted by Gasteiger charge is 2.34. The molecule has 1 aliphatic carbocycles. The molecule has 0 radical (unpaired) electrons. The summed E-state index contributed by atoms with van der Waals surface area (Å²) in [5.41, 5.74) is 5.90. The van der Waals surface area contributed by atoms with Gasteiger partial charge in [-0.2, -0.15) is 0 Å². The molecule has 18 heavy (non-hydrogen) atoms. The highest BCUT2D eigenvalue weighted by Crippen LogP contribution is 2.47. The Morgan fingerprint density at radius 3 is 2.00 bits per heavy atom. The molecule has 1 N–H and O–H groups in total. The van der Waals surface area contributed by atoms with Crippen LogP contribution in [0.4, 0.5) is 0 Å².